The fraction of sp³-hybridized carbons (Fsp3) is 0.333. The predicted octanol–water partition coefficient (Wildman–Crippen LogP) is 1.99. The second-order valence-corrected chi connectivity index (χ2v) is 5.17. The number of anilines is 1. The molecule has 0 aliphatic carbocycles. The van der Waals surface area contributed by atoms with Crippen LogP contribution in [0.3, 0.4) is 0 Å². The molecule has 0 bridgehead atoms. The molecule has 3 heterocycles. The van der Waals surface area contributed by atoms with Crippen molar-refractivity contribution in [3.63, 3.8) is 0 Å². The van der Waals surface area contributed by atoms with Gasteiger partial charge in [-0.15, -0.1) is 0 Å². The van der Waals surface area contributed by atoms with Gasteiger partial charge in [0.25, 0.3) is 5.91 Å². The Morgan fingerprint density at radius 2 is 2.15 bits per heavy atom. The van der Waals surface area contributed by atoms with Crippen molar-refractivity contribution in [1.82, 2.24) is 14.5 Å². The molecule has 0 radical (unpaired) electrons. The standard InChI is InChI=1S/C15H18N4O/c1-10-5-6-13-11(2)19(9-8-18(10)13)15(20)14-12(16)4-3-7-17-14/h3-7,11H,8-9,16H2,1-2H3. The maximum atomic E-state index is 12.6. The zero-order chi connectivity index (χ0) is 14.3. The van der Waals surface area contributed by atoms with Gasteiger partial charge < -0.3 is 15.2 Å². The summed E-state index contributed by atoms with van der Waals surface area (Å²) in [5, 5.41) is 0. The average molecular weight is 270 g/mol. The molecular weight excluding hydrogens is 252 g/mol. The van der Waals surface area contributed by atoms with Crippen molar-refractivity contribution in [2.75, 3.05) is 12.3 Å². The number of aryl methyl sites for hydroxylation is 1. The third kappa shape index (κ3) is 1.86. The van der Waals surface area contributed by atoms with Crippen LogP contribution < -0.4 is 5.73 Å². The lowest BCUT2D eigenvalue weighted by atomic mass is 10.1. The lowest BCUT2D eigenvalue weighted by molar-refractivity contribution is 0.0638. The number of nitrogens with zero attached hydrogens (tertiary/aromatic N) is 3. The van der Waals surface area contributed by atoms with Gasteiger partial charge in [0.05, 0.1) is 11.7 Å². The van der Waals surface area contributed by atoms with Crippen LogP contribution in [0.15, 0.2) is 30.5 Å². The summed E-state index contributed by atoms with van der Waals surface area (Å²) in [5.74, 6) is -0.0966. The molecule has 2 N–H and O–H groups in total. The number of hydrogen-bond acceptors (Lipinski definition) is 3. The molecule has 0 fully saturated rings. The maximum absolute atomic E-state index is 12.6. The van der Waals surface area contributed by atoms with Crippen molar-refractivity contribution in [3.05, 3.63) is 47.5 Å². The summed E-state index contributed by atoms with van der Waals surface area (Å²) >= 11 is 0. The van der Waals surface area contributed by atoms with Gasteiger partial charge in [-0.1, -0.05) is 0 Å². The molecule has 2 aromatic rings. The lowest BCUT2D eigenvalue weighted by Crippen LogP contribution is -2.41. The topological polar surface area (TPSA) is 64.2 Å². The van der Waals surface area contributed by atoms with Crippen molar-refractivity contribution < 1.29 is 4.79 Å². The lowest BCUT2D eigenvalue weighted by Gasteiger charge is -2.35. The highest BCUT2D eigenvalue weighted by Crippen LogP contribution is 2.28. The molecule has 0 saturated heterocycles. The van der Waals surface area contributed by atoms with E-state index in [1.807, 2.05) is 11.8 Å². The Bertz CT molecular complexity index is 662. The van der Waals surface area contributed by atoms with Gasteiger partial charge >= 0.3 is 0 Å². The highest BCUT2D eigenvalue weighted by atomic mass is 16.2. The molecule has 3 rings (SSSR count). The fourth-order valence-electron chi connectivity index (χ4n) is 2.83. The molecule has 1 aliphatic rings. The quantitative estimate of drug-likeness (QED) is 0.862. The minimum Gasteiger partial charge on any atom is -0.397 e. The first-order valence-electron chi connectivity index (χ1n) is 6.77. The van der Waals surface area contributed by atoms with E-state index in [1.165, 1.54) is 5.69 Å². The second kappa shape index (κ2) is 4.67. The fourth-order valence-corrected chi connectivity index (χ4v) is 2.83. The number of nitrogens with two attached hydrogens (primary N) is 1. The van der Waals surface area contributed by atoms with Crippen molar-refractivity contribution in [3.8, 4) is 0 Å². The first-order valence-corrected chi connectivity index (χ1v) is 6.77. The van der Waals surface area contributed by atoms with Gasteiger partial charge in [0.2, 0.25) is 0 Å². The van der Waals surface area contributed by atoms with Gasteiger partial charge in [0.1, 0.15) is 0 Å². The molecule has 0 aromatic carbocycles. The third-order valence-electron chi connectivity index (χ3n) is 4.00. The molecule has 1 atom stereocenters. The van der Waals surface area contributed by atoms with E-state index in [9.17, 15) is 4.79 Å². The summed E-state index contributed by atoms with van der Waals surface area (Å²) in [6.07, 6.45) is 1.60. The minimum atomic E-state index is -0.0966. The summed E-state index contributed by atoms with van der Waals surface area (Å²) < 4.78 is 2.26. The van der Waals surface area contributed by atoms with Crippen LogP contribution in [-0.2, 0) is 6.54 Å². The van der Waals surface area contributed by atoms with Crippen molar-refractivity contribution >= 4 is 11.6 Å². The molecule has 1 unspecified atom stereocenters. The van der Waals surface area contributed by atoms with E-state index >= 15 is 0 Å². The van der Waals surface area contributed by atoms with Gasteiger partial charge in [0, 0.05) is 30.7 Å². The molecule has 2 aromatic heterocycles. The summed E-state index contributed by atoms with van der Waals surface area (Å²) in [4.78, 5) is 18.6. The molecule has 104 valence electrons. The van der Waals surface area contributed by atoms with Crippen LogP contribution in [0.1, 0.15) is 34.8 Å². The molecule has 0 spiro atoms. The van der Waals surface area contributed by atoms with Crippen molar-refractivity contribution in [1.29, 1.82) is 0 Å². The smallest absolute Gasteiger partial charge is 0.275 e. The first kappa shape index (κ1) is 12.7. The van der Waals surface area contributed by atoms with Gasteiger partial charge in [-0.3, -0.25) is 4.79 Å². The molecule has 1 aliphatic heterocycles. The maximum Gasteiger partial charge on any atom is 0.275 e. The first-order chi connectivity index (χ1) is 9.59. The zero-order valence-corrected chi connectivity index (χ0v) is 11.7. The molecule has 5 heteroatoms. The van der Waals surface area contributed by atoms with Crippen molar-refractivity contribution in [2.45, 2.75) is 26.4 Å². The Balaban J connectivity index is 1.93. The summed E-state index contributed by atoms with van der Waals surface area (Å²) in [7, 11) is 0. The van der Waals surface area contributed by atoms with Crippen LogP contribution in [-0.4, -0.2) is 26.9 Å². The summed E-state index contributed by atoms with van der Waals surface area (Å²) in [6.45, 7) is 5.63. The van der Waals surface area contributed by atoms with Crippen LogP contribution in [0.2, 0.25) is 0 Å². The van der Waals surface area contributed by atoms with E-state index in [2.05, 4.69) is 28.6 Å². The number of rotatable bonds is 1. The molecule has 0 saturated carbocycles. The van der Waals surface area contributed by atoms with Gasteiger partial charge in [-0.2, -0.15) is 0 Å². The van der Waals surface area contributed by atoms with Crippen LogP contribution in [0.4, 0.5) is 5.69 Å². The van der Waals surface area contributed by atoms with E-state index in [4.69, 9.17) is 5.73 Å². The predicted molar refractivity (Wildman–Crippen MR) is 77.3 cm³/mol. The van der Waals surface area contributed by atoms with Crippen LogP contribution >= 0.6 is 0 Å². The SMILES string of the molecule is Cc1ccc2n1CCN(C(=O)c1ncccc1N)C2C. The Labute approximate surface area is 118 Å². The van der Waals surface area contributed by atoms with Gasteiger partial charge in [-0.25, -0.2) is 4.98 Å². The number of pyridine rings is 1. The van der Waals surface area contributed by atoms with Crippen molar-refractivity contribution in [2.24, 2.45) is 0 Å². The third-order valence-corrected chi connectivity index (χ3v) is 4.00. The number of amides is 1. The molecular formula is C15H18N4O. The summed E-state index contributed by atoms with van der Waals surface area (Å²) in [5.41, 5.74) is 9.03. The van der Waals surface area contributed by atoms with Crippen LogP contribution in [0.5, 0.6) is 0 Å². The largest absolute Gasteiger partial charge is 0.397 e. The summed E-state index contributed by atoms with van der Waals surface area (Å²) in [6, 6.07) is 7.66. The number of aromatic nitrogens is 2. The number of hydrogen-bond donors (Lipinski definition) is 1. The van der Waals surface area contributed by atoms with Gasteiger partial charge in [0.15, 0.2) is 5.69 Å². The number of carbonyl (C=O) groups is 1. The Hall–Kier alpha value is -2.30. The van der Waals surface area contributed by atoms with E-state index in [0.717, 1.165) is 12.2 Å². The highest BCUT2D eigenvalue weighted by molar-refractivity contribution is 5.97. The number of fused-ring (bicyclic) bond motifs is 1. The molecule has 1 amide bonds. The van der Waals surface area contributed by atoms with Gasteiger partial charge in [-0.05, 0) is 38.1 Å². The Morgan fingerprint density at radius 1 is 1.35 bits per heavy atom. The van der Waals surface area contributed by atoms with Crippen LogP contribution in [0.25, 0.3) is 0 Å². The average Bonchev–Trinajstić information content (AvgIpc) is 2.82. The van der Waals surface area contributed by atoms with E-state index in [-0.39, 0.29) is 11.9 Å². The Morgan fingerprint density at radius 3 is 2.90 bits per heavy atom. The monoisotopic (exact) mass is 270 g/mol. The number of nitrogen functional groups attached to an aromatic ring is 1. The number of carbonyl (C=O) groups excluding carboxylic acids is 1. The molecule has 5 nitrogen and oxygen atoms in total. The van der Waals surface area contributed by atoms with E-state index in [0.29, 0.717) is 17.9 Å². The molecule has 20 heavy (non-hydrogen) atoms. The normalized spacial score (nSPS) is 17.9. The van der Waals surface area contributed by atoms with Crippen LogP contribution in [0, 0.1) is 6.92 Å². The van der Waals surface area contributed by atoms with E-state index < -0.39 is 0 Å². The zero-order valence-electron chi connectivity index (χ0n) is 11.7. The Kier molecular flexibility index (Phi) is 2.97. The van der Waals surface area contributed by atoms with E-state index in [1.54, 1.807) is 18.3 Å². The highest BCUT2D eigenvalue weighted by Gasteiger charge is 2.30. The second-order valence-electron chi connectivity index (χ2n) is 5.17. The minimum absolute atomic E-state index is 0.0337.